The monoisotopic (exact) mass is 322 g/mol. The number of fused-ring (bicyclic) bond motifs is 3. The molecule has 0 fully saturated rings. The van der Waals surface area contributed by atoms with E-state index in [0.717, 1.165) is 11.1 Å². The lowest BCUT2D eigenvalue weighted by atomic mass is 10.0. The van der Waals surface area contributed by atoms with Crippen LogP contribution < -0.4 is 0 Å². The van der Waals surface area contributed by atoms with Gasteiger partial charge in [0, 0.05) is 25.2 Å². The Morgan fingerprint density at radius 2 is 1.95 bits per heavy atom. The minimum Gasteiger partial charge on any atom is -0.376 e. The second-order valence-corrected chi connectivity index (χ2v) is 7.09. The van der Waals surface area contributed by atoms with Crippen molar-refractivity contribution >= 4 is 24.1 Å². The molecule has 1 aromatic carbocycles. The summed E-state index contributed by atoms with van der Waals surface area (Å²) in [6.07, 6.45) is 0. The van der Waals surface area contributed by atoms with Gasteiger partial charge in [0.05, 0.1) is 5.52 Å². The summed E-state index contributed by atoms with van der Waals surface area (Å²) in [5.74, 6) is -1.40. The highest BCUT2D eigenvalue weighted by Crippen LogP contribution is 2.59. The van der Waals surface area contributed by atoms with Crippen molar-refractivity contribution in [2.75, 3.05) is 14.2 Å². The maximum absolute atomic E-state index is 12.5. The first kappa shape index (κ1) is 15.1. The van der Waals surface area contributed by atoms with Crippen LogP contribution in [0, 0.1) is 6.92 Å². The predicted octanol–water partition coefficient (Wildman–Crippen LogP) is 2.06. The Morgan fingerprint density at radius 1 is 1.23 bits per heavy atom. The van der Waals surface area contributed by atoms with Gasteiger partial charge >= 0.3 is 7.60 Å². The van der Waals surface area contributed by atoms with Crippen LogP contribution in [-0.4, -0.2) is 39.4 Å². The first-order valence-electron chi connectivity index (χ1n) is 6.51. The van der Waals surface area contributed by atoms with Crippen molar-refractivity contribution in [2.45, 2.75) is 12.8 Å². The summed E-state index contributed by atoms with van der Waals surface area (Å²) in [6, 6.07) is 7.01. The van der Waals surface area contributed by atoms with Gasteiger partial charge in [0.25, 0.3) is 0 Å². The highest BCUT2D eigenvalue weighted by Gasteiger charge is 2.35. The number of aliphatic hydroxyl groups excluding tert-OH is 1. The zero-order chi connectivity index (χ0) is 15.9. The van der Waals surface area contributed by atoms with Gasteiger partial charge in [-0.3, -0.25) is 4.57 Å². The summed E-state index contributed by atoms with van der Waals surface area (Å²) in [4.78, 5) is 0. The first-order chi connectivity index (χ1) is 10.5. The van der Waals surface area contributed by atoms with Crippen LogP contribution >= 0.6 is 7.60 Å². The Balaban J connectivity index is 2.32. The van der Waals surface area contributed by atoms with Crippen molar-refractivity contribution in [3.05, 3.63) is 35.4 Å². The molecule has 1 atom stereocenters. The van der Waals surface area contributed by atoms with Crippen LogP contribution in [0.5, 0.6) is 0 Å². The molecule has 0 aliphatic carbocycles. The lowest BCUT2D eigenvalue weighted by Gasteiger charge is -2.21. The molecule has 9 heteroatoms. The smallest absolute Gasteiger partial charge is 0.362 e. The number of aromatic nitrogens is 4. The van der Waals surface area contributed by atoms with Gasteiger partial charge in [0.2, 0.25) is 0 Å². The molecule has 0 radical (unpaired) electrons. The molecule has 0 saturated carbocycles. The summed E-state index contributed by atoms with van der Waals surface area (Å²) in [6.45, 7) is 1.91. The Kier molecular flexibility index (Phi) is 3.70. The van der Waals surface area contributed by atoms with Crippen molar-refractivity contribution in [3.63, 3.8) is 0 Å². The number of rotatable bonds is 4. The topological polar surface area (TPSA) is 98.8 Å². The fraction of sp³-hybridized carbons (Fsp3) is 0.308. The van der Waals surface area contributed by atoms with Gasteiger partial charge in [-0.25, -0.2) is 0 Å². The van der Waals surface area contributed by atoms with Crippen molar-refractivity contribution in [2.24, 2.45) is 0 Å². The minimum atomic E-state index is -3.66. The Morgan fingerprint density at radius 3 is 2.64 bits per heavy atom. The molecule has 22 heavy (non-hydrogen) atoms. The average molecular weight is 322 g/mol. The molecular formula is C13H15N4O4P. The van der Waals surface area contributed by atoms with Crippen LogP contribution in [0.15, 0.2) is 24.3 Å². The summed E-state index contributed by atoms with van der Waals surface area (Å²) in [7, 11) is -1.19. The average Bonchev–Trinajstić information content (AvgIpc) is 3.02. The fourth-order valence-corrected chi connectivity index (χ4v) is 3.59. The summed E-state index contributed by atoms with van der Waals surface area (Å²) < 4.78 is 23.8. The summed E-state index contributed by atoms with van der Waals surface area (Å²) in [5.41, 5.74) is 2.68. The van der Waals surface area contributed by atoms with Gasteiger partial charge in [-0.1, -0.05) is 12.1 Å². The van der Waals surface area contributed by atoms with Crippen LogP contribution in [0.4, 0.5) is 0 Å². The molecule has 0 aliphatic heterocycles. The molecule has 2 heterocycles. The number of benzene rings is 1. The molecule has 116 valence electrons. The van der Waals surface area contributed by atoms with Crippen LogP contribution in [0.3, 0.4) is 0 Å². The van der Waals surface area contributed by atoms with E-state index in [1.807, 2.05) is 6.92 Å². The second kappa shape index (κ2) is 5.40. The third kappa shape index (κ3) is 2.12. The number of aryl methyl sites for hydroxylation is 1. The van der Waals surface area contributed by atoms with Crippen LogP contribution in [0.2, 0.25) is 0 Å². The van der Waals surface area contributed by atoms with Crippen LogP contribution in [0.25, 0.3) is 16.6 Å². The standard InChI is InChI=1S/C13H15N4O4P/c1-8-4-5-10(13(18)22(19,20-2)21-3)9-6-7-11-14-15-16-17(11)12(8)9/h4-7,13,18H,1-3H3. The van der Waals surface area contributed by atoms with E-state index in [1.165, 1.54) is 14.2 Å². The van der Waals surface area contributed by atoms with E-state index in [2.05, 4.69) is 15.5 Å². The molecule has 0 aliphatic rings. The second-order valence-electron chi connectivity index (χ2n) is 4.79. The van der Waals surface area contributed by atoms with Gasteiger partial charge < -0.3 is 14.2 Å². The van der Waals surface area contributed by atoms with E-state index < -0.39 is 13.4 Å². The van der Waals surface area contributed by atoms with Gasteiger partial charge in [-0.15, -0.1) is 5.10 Å². The van der Waals surface area contributed by atoms with Crippen molar-refractivity contribution in [3.8, 4) is 0 Å². The molecule has 0 amide bonds. The number of hydrogen-bond acceptors (Lipinski definition) is 7. The SMILES string of the molecule is COP(=O)(OC)C(O)c1ccc(C)c2c1ccc1nnnn12. The third-order valence-corrected chi connectivity index (χ3v) is 5.54. The van der Waals surface area contributed by atoms with E-state index in [9.17, 15) is 9.67 Å². The van der Waals surface area contributed by atoms with E-state index in [-0.39, 0.29) is 0 Å². The number of nitrogens with zero attached hydrogens (tertiary/aromatic N) is 4. The highest BCUT2D eigenvalue weighted by molar-refractivity contribution is 7.54. The predicted molar refractivity (Wildman–Crippen MR) is 79.6 cm³/mol. The molecule has 0 bridgehead atoms. The van der Waals surface area contributed by atoms with Gasteiger partial charge in [0.1, 0.15) is 0 Å². The minimum absolute atomic E-state index is 0.435. The van der Waals surface area contributed by atoms with E-state index in [0.29, 0.717) is 16.6 Å². The van der Waals surface area contributed by atoms with Crippen LogP contribution in [0.1, 0.15) is 17.0 Å². The molecule has 2 aromatic heterocycles. The Bertz CT molecular complexity index is 886. The normalized spacial score (nSPS) is 13.8. The van der Waals surface area contributed by atoms with Gasteiger partial charge in [-0.2, -0.15) is 4.52 Å². The van der Waals surface area contributed by atoms with Crippen molar-refractivity contribution in [1.82, 2.24) is 20.0 Å². The number of aliphatic hydroxyl groups is 1. The molecule has 1 unspecified atom stereocenters. The zero-order valence-corrected chi connectivity index (χ0v) is 13.2. The van der Waals surface area contributed by atoms with E-state index in [4.69, 9.17) is 9.05 Å². The third-order valence-electron chi connectivity index (χ3n) is 3.64. The lowest BCUT2D eigenvalue weighted by molar-refractivity contribution is 0.177. The van der Waals surface area contributed by atoms with E-state index in [1.54, 1.807) is 28.8 Å². The Hall–Kier alpha value is -1.86. The van der Waals surface area contributed by atoms with Crippen LogP contribution in [-0.2, 0) is 13.6 Å². The summed E-state index contributed by atoms with van der Waals surface area (Å²) in [5, 5.41) is 22.7. The highest BCUT2D eigenvalue weighted by atomic mass is 31.2. The molecule has 0 saturated heterocycles. The van der Waals surface area contributed by atoms with E-state index >= 15 is 0 Å². The zero-order valence-electron chi connectivity index (χ0n) is 12.3. The molecular weight excluding hydrogens is 307 g/mol. The number of hydrogen-bond donors (Lipinski definition) is 1. The maximum atomic E-state index is 12.5. The molecule has 0 spiro atoms. The lowest BCUT2D eigenvalue weighted by Crippen LogP contribution is -2.05. The van der Waals surface area contributed by atoms with Gasteiger partial charge in [0.15, 0.2) is 11.5 Å². The summed E-state index contributed by atoms with van der Waals surface area (Å²) >= 11 is 0. The van der Waals surface area contributed by atoms with Crippen molar-refractivity contribution < 1.29 is 18.7 Å². The molecule has 8 nitrogen and oxygen atoms in total. The van der Waals surface area contributed by atoms with Crippen molar-refractivity contribution in [1.29, 1.82) is 0 Å². The maximum Gasteiger partial charge on any atom is 0.362 e. The van der Waals surface area contributed by atoms with Gasteiger partial charge in [-0.05, 0) is 35.0 Å². The number of pyridine rings is 1. The molecule has 1 N–H and O–H groups in total. The first-order valence-corrected chi connectivity index (χ1v) is 8.12. The largest absolute Gasteiger partial charge is 0.376 e. The Labute approximate surface area is 126 Å². The number of tetrazole rings is 1. The molecule has 3 rings (SSSR count). The molecule has 3 aromatic rings. The fourth-order valence-electron chi connectivity index (χ4n) is 2.47. The quantitative estimate of drug-likeness (QED) is 0.734.